The maximum atomic E-state index is 13.7. The molecule has 0 unspecified atom stereocenters. The van der Waals surface area contributed by atoms with E-state index in [0.717, 1.165) is 35.9 Å². The molecule has 2 N–H and O–H groups in total. The van der Waals surface area contributed by atoms with Crippen molar-refractivity contribution in [3.8, 4) is 0 Å². The Kier molecular flexibility index (Phi) is 4.74. The second-order valence-corrected chi connectivity index (χ2v) is 7.80. The number of hydrogen-bond donors (Lipinski definition) is 2. The molecule has 0 saturated heterocycles. The molecule has 1 amide bonds. The fraction of sp³-hybridized carbons (Fsp3) is 0.318. The molecule has 30 heavy (non-hydrogen) atoms. The van der Waals surface area contributed by atoms with Gasteiger partial charge in [-0.2, -0.15) is 0 Å². The van der Waals surface area contributed by atoms with Gasteiger partial charge in [-0.1, -0.05) is 61.7 Å². The number of H-pyrrole nitrogens is 1. The van der Waals surface area contributed by atoms with Crippen LogP contribution in [0.3, 0.4) is 0 Å². The lowest BCUT2D eigenvalue weighted by atomic mass is 9.80. The third-order valence-corrected chi connectivity index (χ3v) is 5.98. The monoisotopic (exact) mass is 401 g/mol. The molecule has 1 atom stereocenters. The van der Waals surface area contributed by atoms with Crippen molar-refractivity contribution in [1.29, 1.82) is 0 Å². The van der Waals surface area contributed by atoms with Crippen LogP contribution in [0.15, 0.2) is 60.9 Å². The minimum atomic E-state index is -0.777. The van der Waals surface area contributed by atoms with Gasteiger partial charge in [-0.3, -0.25) is 4.79 Å². The Morgan fingerprint density at radius 3 is 2.53 bits per heavy atom. The van der Waals surface area contributed by atoms with E-state index in [1.807, 2.05) is 54.6 Å². The molecule has 1 aliphatic rings. The summed E-state index contributed by atoms with van der Waals surface area (Å²) in [5.41, 5.74) is 2.00. The number of imidazole rings is 1. The highest BCUT2D eigenvalue weighted by Crippen LogP contribution is 2.35. The van der Waals surface area contributed by atoms with Gasteiger partial charge in [0.2, 0.25) is 5.91 Å². The summed E-state index contributed by atoms with van der Waals surface area (Å²) in [4.78, 5) is 21.9. The maximum absolute atomic E-state index is 13.7. The number of nitrogens with zero attached hydrogens (tertiary/aromatic N) is 5. The molecule has 0 aliphatic heterocycles. The summed E-state index contributed by atoms with van der Waals surface area (Å²) in [5.74, 6) is 0.627. The zero-order valence-corrected chi connectivity index (χ0v) is 16.5. The van der Waals surface area contributed by atoms with Gasteiger partial charge in [0, 0.05) is 0 Å². The number of aromatic amines is 1. The molecule has 0 bridgehead atoms. The van der Waals surface area contributed by atoms with Crippen molar-refractivity contribution >= 4 is 16.9 Å². The zero-order valence-electron chi connectivity index (χ0n) is 16.5. The number of fused-ring (bicyclic) bond motifs is 1. The molecule has 2 aromatic heterocycles. The summed E-state index contributed by atoms with van der Waals surface area (Å²) < 4.78 is 1.63. The lowest BCUT2D eigenvalue weighted by Crippen LogP contribution is -2.51. The van der Waals surface area contributed by atoms with Crippen LogP contribution in [0.5, 0.6) is 0 Å². The summed E-state index contributed by atoms with van der Waals surface area (Å²) in [6, 6.07) is 17.4. The fourth-order valence-electron chi connectivity index (χ4n) is 4.38. The highest BCUT2D eigenvalue weighted by molar-refractivity contribution is 5.85. The maximum Gasteiger partial charge on any atom is 0.248 e. The van der Waals surface area contributed by atoms with Gasteiger partial charge in [-0.25, -0.2) is 9.67 Å². The number of aromatic nitrogens is 6. The van der Waals surface area contributed by atoms with Gasteiger partial charge < -0.3 is 10.3 Å². The van der Waals surface area contributed by atoms with Gasteiger partial charge in [-0.05, 0) is 41.0 Å². The molecule has 4 aromatic rings. The quantitative estimate of drug-likeness (QED) is 0.535. The SMILES string of the molecule is O=C(N[C@H](c1ccccc1)c1nc2ccccc2[nH]1)C1(n2cnnn2)CCCCC1. The van der Waals surface area contributed by atoms with Gasteiger partial charge in [0.15, 0.2) is 0 Å². The van der Waals surface area contributed by atoms with Gasteiger partial charge in [0.25, 0.3) is 0 Å². The van der Waals surface area contributed by atoms with Crippen molar-refractivity contribution in [3.05, 3.63) is 72.3 Å². The Balaban J connectivity index is 1.54. The average Bonchev–Trinajstić information content (AvgIpc) is 3.48. The fourth-order valence-corrected chi connectivity index (χ4v) is 4.38. The summed E-state index contributed by atoms with van der Waals surface area (Å²) in [6.07, 6.45) is 6.02. The first kappa shape index (κ1) is 18.5. The summed E-state index contributed by atoms with van der Waals surface area (Å²) >= 11 is 0. The van der Waals surface area contributed by atoms with Crippen LogP contribution in [0, 0.1) is 0 Å². The molecule has 1 fully saturated rings. The van der Waals surface area contributed by atoms with Crippen molar-refractivity contribution in [2.24, 2.45) is 0 Å². The van der Waals surface area contributed by atoms with Gasteiger partial charge in [0.1, 0.15) is 23.7 Å². The lowest BCUT2D eigenvalue weighted by molar-refractivity contribution is -0.133. The predicted molar refractivity (Wildman–Crippen MR) is 111 cm³/mol. The molecule has 2 aromatic carbocycles. The first-order chi connectivity index (χ1) is 14.8. The second kappa shape index (κ2) is 7.70. The van der Waals surface area contributed by atoms with Crippen LogP contribution in [0.25, 0.3) is 11.0 Å². The Morgan fingerprint density at radius 1 is 1.03 bits per heavy atom. The topological polar surface area (TPSA) is 101 Å². The van der Waals surface area contributed by atoms with E-state index in [-0.39, 0.29) is 5.91 Å². The van der Waals surface area contributed by atoms with Crippen LogP contribution in [0.4, 0.5) is 0 Å². The Hall–Kier alpha value is -3.55. The summed E-state index contributed by atoms with van der Waals surface area (Å²) in [5, 5.41) is 14.9. The Labute approximate surface area is 173 Å². The summed E-state index contributed by atoms with van der Waals surface area (Å²) in [7, 11) is 0. The van der Waals surface area contributed by atoms with E-state index >= 15 is 0 Å². The Morgan fingerprint density at radius 2 is 1.80 bits per heavy atom. The van der Waals surface area contributed by atoms with E-state index in [1.165, 1.54) is 0 Å². The highest BCUT2D eigenvalue weighted by Gasteiger charge is 2.43. The van der Waals surface area contributed by atoms with E-state index in [2.05, 4.69) is 25.8 Å². The number of carbonyl (C=O) groups excluding carboxylic acids is 1. The van der Waals surface area contributed by atoms with E-state index in [0.29, 0.717) is 18.7 Å². The third-order valence-electron chi connectivity index (χ3n) is 5.98. The number of para-hydroxylation sites is 2. The average molecular weight is 401 g/mol. The minimum Gasteiger partial charge on any atom is -0.340 e. The first-order valence-electron chi connectivity index (χ1n) is 10.3. The molecule has 152 valence electrons. The molecule has 1 aliphatic carbocycles. The predicted octanol–water partition coefficient (Wildman–Crippen LogP) is 3.11. The standard InChI is InChI=1S/C22H23N7O/c30-21(22(13-7-2-8-14-22)29-15-23-27-28-29)26-19(16-9-3-1-4-10-16)20-24-17-11-5-6-12-18(17)25-20/h1,3-6,9-12,15,19H,2,7-8,13-14H2,(H,24,25)(H,26,30)/t19-/m1/s1. The Bertz CT molecular complexity index is 1100. The molecule has 0 spiro atoms. The molecular formula is C22H23N7O. The largest absolute Gasteiger partial charge is 0.340 e. The smallest absolute Gasteiger partial charge is 0.248 e. The van der Waals surface area contributed by atoms with E-state index < -0.39 is 11.6 Å². The van der Waals surface area contributed by atoms with Crippen LogP contribution in [0.2, 0.25) is 0 Å². The first-order valence-corrected chi connectivity index (χ1v) is 10.3. The highest BCUT2D eigenvalue weighted by atomic mass is 16.2. The van der Waals surface area contributed by atoms with Crippen molar-refractivity contribution in [2.45, 2.75) is 43.7 Å². The molecule has 8 heteroatoms. The van der Waals surface area contributed by atoms with E-state index in [1.54, 1.807) is 11.0 Å². The van der Waals surface area contributed by atoms with Crippen molar-refractivity contribution in [3.63, 3.8) is 0 Å². The lowest BCUT2D eigenvalue weighted by Gasteiger charge is -2.36. The molecule has 8 nitrogen and oxygen atoms in total. The second-order valence-electron chi connectivity index (χ2n) is 7.80. The number of rotatable bonds is 5. The molecule has 5 rings (SSSR count). The number of nitrogens with one attached hydrogen (secondary N) is 2. The molecular weight excluding hydrogens is 378 g/mol. The van der Waals surface area contributed by atoms with Crippen LogP contribution < -0.4 is 5.32 Å². The molecule has 1 saturated carbocycles. The minimum absolute atomic E-state index is 0.0798. The van der Waals surface area contributed by atoms with Crippen molar-refractivity contribution in [1.82, 2.24) is 35.5 Å². The van der Waals surface area contributed by atoms with Crippen LogP contribution in [-0.4, -0.2) is 36.1 Å². The van der Waals surface area contributed by atoms with Crippen molar-refractivity contribution in [2.75, 3.05) is 0 Å². The zero-order chi connectivity index (χ0) is 20.4. The van der Waals surface area contributed by atoms with Gasteiger partial charge >= 0.3 is 0 Å². The van der Waals surface area contributed by atoms with Crippen molar-refractivity contribution < 1.29 is 4.79 Å². The number of benzene rings is 2. The van der Waals surface area contributed by atoms with Crippen LogP contribution >= 0.6 is 0 Å². The number of carbonyl (C=O) groups is 1. The van der Waals surface area contributed by atoms with Gasteiger partial charge in [0.05, 0.1) is 11.0 Å². The normalized spacial score (nSPS) is 16.9. The van der Waals surface area contributed by atoms with E-state index in [9.17, 15) is 4.79 Å². The van der Waals surface area contributed by atoms with Crippen LogP contribution in [-0.2, 0) is 10.3 Å². The van der Waals surface area contributed by atoms with E-state index in [4.69, 9.17) is 4.98 Å². The van der Waals surface area contributed by atoms with Crippen LogP contribution in [0.1, 0.15) is 49.5 Å². The number of tetrazole rings is 1. The number of hydrogen-bond acceptors (Lipinski definition) is 5. The summed E-state index contributed by atoms with van der Waals surface area (Å²) in [6.45, 7) is 0. The molecule has 0 radical (unpaired) electrons. The van der Waals surface area contributed by atoms with Gasteiger partial charge in [-0.15, -0.1) is 5.10 Å². The molecule has 2 heterocycles. The number of amides is 1. The third kappa shape index (κ3) is 3.24.